The van der Waals surface area contributed by atoms with Crippen molar-refractivity contribution >= 4 is 0 Å². The Morgan fingerprint density at radius 3 is 2.57 bits per heavy atom. The molecule has 0 aromatic heterocycles. The average molecular weight is 205 g/mol. The van der Waals surface area contributed by atoms with Gasteiger partial charge in [-0.15, -0.1) is 0 Å². The molecule has 0 spiro atoms. The van der Waals surface area contributed by atoms with Crippen molar-refractivity contribution in [2.75, 3.05) is 13.2 Å². The molecule has 4 atom stereocenters. The average Bonchev–Trinajstić information content (AvgIpc) is 2.41. The van der Waals surface area contributed by atoms with E-state index < -0.39 is 30.7 Å². The molecule has 0 aromatic rings. The highest BCUT2D eigenvalue weighted by Gasteiger charge is 2.52. The Morgan fingerprint density at radius 2 is 2.14 bits per heavy atom. The van der Waals surface area contributed by atoms with Gasteiger partial charge < -0.3 is 25.2 Å². The number of aliphatic hydroxyl groups is 4. The van der Waals surface area contributed by atoms with Crippen molar-refractivity contribution in [3.05, 3.63) is 10.4 Å². The van der Waals surface area contributed by atoms with Crippen LogP contribution in [0.4, 0.5) is 0 Å². The third-order valence-electron chi connectivity index (χ3n) is 2.07. The maximum absolute atomic E-state index is 9.39. The summed E-state index contributed by atoms with van der Waals surface area (Å²) in [5.41, 5.74) is 8.01. The third-order valence-corrected chi connectivity index (χ3v) is 2.07. The smallest absolute Gasteiger partial charge is 0.219 e. The minimum Gasteiger partial charge on any atom is -0.391 e. The summed E-state index contributed by atoms with van der Waals surface area (Å²) >= 11 is 0. The lowest BCUT2D eigenvalue weighted by atomic mass is 10.1. The molecule has 1 aliphatic rings. The zero-order valence-electron chi connectivity index (χ0n) is 7.19. The van der Waals surface area contributed by atoms with Crippen LogP contribution in [-0.4, -0.2) is 57.7 Å². The van der Waals surface area contributed by atoms with Crippen LogP contribution in [0.25, 0.3) is 10.4 Å². The Balaban J connectivity index is 2.71. The molecule has 1 heterocycles. The van der Waals surface area contributed by atoms with E-state index in [9.17, 15) is 15.3 Å². The molecule has 0 aliphatic carbocycles. The van der Waals surface area contributed by atoms with E-state index in [-0.39, 0.29) is 6.54 Å². The van der Waals surface area contributed by atoms with E-state index in [0.29, 0.717) is 0 Å². The van der Waals surface area contributed by atoms with Crippen LogP contribution in [0, 0.1) is 0 Å². The number of hydrogen-bond donors (Lipinski definition) is 4. The summed E-state index contributed by atoms with van der Waals surface area (Å²) < 4.78 is 4.77. The van der Waals surface area contributed by atoms with Crippen LogP contribution in [0.3, 0.4) is 0 Å². The Morgan fingerprint density at radius 1 is 1.50 bits per heavy atom. The van der Waals surface area contributed by atoms with Gasteiger partial charge in [0.05, 0.1) is 19.3 Å². The van der Waals surface area contributed by atoms with Gasteiger partial charge in [-0.05, 0) is 5.53 Å². The zero-order valence-corrected chi connectivity index (χ0v) is 7.19. The first-order valence-electron chi connectivity index (χ1n) is 3.93. The molecule has 0 unspecified atom stereocenters. The highest BCUT2D eigenvalue weighted by atomic mass is 16.7. The second kappa shape index (κ2) is 4.09. The molecular formula is C6H11N3O5. The van der Waals surface area contributed by atoms with Crippen LogP contribution in [0.1, 0.15) is 0 Å². The van der Waals surface area contributed by atoms with Crippen LogP contribution in [0.5, 0.6) is 0 Å². The molecule has 1 saturated heterocycles. The number of rotatable bonds is 3. The van der Waals surface area contributed by atoms with E-state index in [2.05, 4.69) is 10.0 Å². The Kier molecular flexibility index (Phi) is 3.27. The number of nitrogens with zero attached hydrogens (tertiary/aromatic N) is 3. The Hall–Kier alpha value is -0.890. The van der Waals surface area contributed by atoms with Crippen molar-refractivity contribution in [3.8, 4) is 0 Å². The van der Waals surface area contributed by atoms with E-state index in [1.807, 2.05) is 0 Å². The van der Waals surface area contributed by atoms with Gasteiger partial charge >= 0.3 is 0 Å². The summed E-state index contributed by atoms with van der Waals surface area (Å²) in [5.74, 6) is -2.19. The van der Waals surface area contributed by atoms with Crippen molar-refractivity contribution < 1.29 is 25.2 Å². The van der Waals surface area contributed by atoms with E-state index in [4.69, 9.17) is 15.4 Å². The fraction of sp³-hybridized carbons (Fsp3) is 1.00. The van der Waals surface area contributed by atoms with E-state index in [0.717, 1.165) is 0 Å². The Bertz CT molecular complexity index is 256. The first-order valence-corrected chi connectivity index (χ1v) is 3.93. The second-order valence-corrected chi connectivity index (χ2v) is 3.01. The molecule has 4 N–H and O–H groups in total. The molecule has 1 rings (SSSR count). The summed E-state index contributed by atoms with van der Waals surface area (Å²) in [5, 5.41) is 39.8. The van der Waals surface area contributed by atoms with Gasteiger partial charge in [0.15, 0.2) is 0 Å². The van der Waals surface area contributed by atoms with Gasteiger partial charge in [-0.3, -0.25) is 0 Å². The summed E-state index contributed by atoms with van der Waals surface area (Å²) in [6.07, 6.45) is -4.03. The minimum absolute atomic E-state index is 0.225. The van der Waals surface area contributed by atoms with Crippen molar-refractivity contribution in [2.24, 2.45) is 5.11 Å². The predicted octanol–water partition coefficient (Wildman–Crippen LogP) is -1.90. The number of hydrogen-bond acceptors (Lipinski definition) is 6. The van der Waals surface area contributed by atoms with Gasteiger partial charge in [0, 0.05) is 4.91 Å². The standard InChI is InChI=1S/C6H11N3O5/c7-9-8-1-3-4(11)5(12)6(13,2-10)14-3/h3-5,10-13H,1-2H2/t3-,4+,5-,6+/m0/s1. The molecule has 0 aromatic carbocycles. The van der Waals surface area contributed by atoms with Crippen molar-refractivity contribution in [3.63, 3.8) is 0 Å². The lowest BCUT2D eigenvalue weighted by Crippen LogP contribution is -2.46. The molecule has 0 amide bonds. The molecule has 8 nitrogen and oxygen atoms in total. The van der Waals surface area contributed by atoms with Crippen molar-refractivity contribution in [2.45, 2.75) is 24.1 Å². The Labute approximate surface area is 79.0 Å². The summed E-state index contributed by atoms with van der Waals surface area (Å²) in [4.78, 5) is 2.44. The fourth-order valence-corrected chi connectivity index (χ4v) is 1.26. The maximum Gasteiger partial charge on any atom is 0.219 e. The van der Waals surface area contributed by atoms with Gasteiger partial charge in [-0.2, -0.15) is 0 Å². The molecule has 0 saturated carbocycles. The van der Waals surface area contributed by atoms with Gasteiger partial charge in [0.1, 0.15) is 12.2 Å². The molecule has 0 radical (unpaired) electrons. The largest absolute Gasteiger partial charge is 0.391 e. The molecular weight excluding hydrogens is 194 g/mol. The summed E-state index contributed by atoms with van der Waals surface area (Å²) in [7, 11) is 0. The van der Waals surface area contributed by atoms with Crippen LogP contribution in [-0.2, 0) is 4.74 Å². The second-order valence-electron chi connectivity index (χ2n) is 3.01. The van der Waals surface area contributed by atoms with Crippen LogP contribution in [0.15, 0.2) is 5.11 Å². The van der Waals surface area contributed by atoms with Gasteiger partial charge in [0.25, 0.3) is 0 Å². The molecule has 1 fully saturated rings. The van der Waals surface area contributed by atoms with Gasteiger partial charge in [0.2, 0.25) is 5.79 Å². The third kappa shape index (κ3) is 1.80. The number of aliphatic hydroxyl groups excluding tert-OH is 3. The normalized spacial score (nSPS) is 42.1. The maximum atomic E-state index is 9.39. The lowest BCUT2D eigenvalue weighted by molar-refractivity contribution is -0.244. The zero-order chi connectivity index (χ0) is 10.8. The highest BCUT2D eigenvalue weighted by molar-refractivity contribution is 4.95. The monoisotopic (exact) mass is 205 g/mol. The molecule has 0 bridgehead atoms. The first kappa shape index (κ1) is 11.2. The van der Waals surface area contributed by atoms with E-state index in [1.165, 1.54) is 0 Å². The summed E-state index contributed by atoms with van der Waals surface area (Å²) in [6, 6.07) is 0. The molecule has 80 valence electrons. The molecule has 1 aliphatic heterocycles. The SMILES string of the molecule is [N-]=[N+]=NC[C@@H]1O[C@](O)(CO)[C@@H](O)[C@@H]1O. The van der Waals surface area contributed by atoms with E-state index in [1.54, 1.807) is 0 Å². The van der Waals surface area contributed by atoms with E-state index >= 15 is 0 Å². The van der Waals surface area contributed by atoms with Crippen LogP contribution >= 0.6 is 0 Å². The minimum atomic E-state index is -2.19. The van der Waals surface area contributed by atoms with Gasteiger partial charge in [-0.1, -0.05) is 5.11 Å². The van der Waals surface area contributed by atoms with Crippen molar-refractivity contribution in [1.29, 1.82) is 0 Å². The highest BCUT2D eigenvalue weighted by Crippen LogP contribution is 2.28. The fourth-order valence-electron chi connectivity index (χ4n) is 1.26. The molecule has 14 heavy (non-hydrogen) atoms. The molecule has 8 heteroatoms. The first-order chi connectivity index (χ1) is 6.55. The number of ether oxygens (including phenoxy) is 1. The predicted molar refractivity (Wildman–Crippen MR) is 42.9 cm³/mol. The van der Waals surface area contributed by atoms with Gasteiger partial charge in [-0.25, -0.2) is 0 Å². The van der Waals surface area contributed by atoms with Crippen molar-refractivity contribution in [1.82, 2.24) is 0 Å². The van der Waals surface area contributed by atoms with Crippen LogP contribution < -0.4 is 0 Å². The lowest BCUT2D eigenvalue weighted by Gasteiger charge is -2.22. The summed E-state index contributed by atoms with van der Waals surface area (Å²) in [6.45, 7) is -1.07. The topological polar surface area (TPSA) is 139 Å². The van der Waals surface area contributed by atoms with Crippen LogP contribution in [0.2, 0.25) is 0 Å². The quantitative estimate of drug-likeness (QED) is 0.242. The number of azide groups is 1.